The van der Waals surface area contributed by atoms with Crippen LogP contribution in [0.15, 0.2) is 36.4 Å². The standard InChI is InChI=1S/C14H10ClF4NO/c15-10-2-3-11(12(16)6-10)8-1-4-13(9(5-8)7-20)21-14(17,18)19/h1-6H,7,20H2. The normalized spacial score (nSPS) is 11.5. The number of hydrogen-bond donors (Lipinski definition) is 1. The molecule has 0 bridgehead atoms. The van der Waals surface area contributed by atoms with Crippen LogP contribution >= 0.6 is 11.6 Å². The molecule has 7 heteroatoms. The van der Waals surface area contributed by atoms with Gasteiger partial charge in [-0.15, -0.1) is 13.2 Å². The molecule has 0 amide bonds. The van der Waals surface area contributed by atoms with Crippen molar-refractivity contribution in [2.24, 2.45) is 5.73 Å². The highest BCUT2D eigenvalue weighted by Gasteiger charge is 2.32. The molecule has 0 aromatic heterocycles. The minimum absolute atomic E-state index is 0.124. The maximum Gasteiger partial charge on any atom is 0.573 e. The molecule has 0 heterocycles. The van der Waals surface area contributed by atoms with E-state index in [9.17, 15) is 17.6 Å². The van der Waals surface area contributed by atoms with Gasteiger partial charge in [-0.1, -0.05) is 17.7 Å². The molecule has 0 saturated heterocycles. The van der Waals surface area contributed by atoms with E-state index in [0.29, 0.717) is 5.56 Å². The van der Waals surface area contributed by atoms with E-state index in [1.54, 1.807) is 0 Å². The molecule has 0 saturated carbocycles. The predicted molar refractivity (Wildman–Crippen MR) is 71.4 cm³/mol. The van der Waals surface area contributed by atoms with Gasteiger partial charge in [-0.25, -0.2) is 4.39 Å². The molecule has 0 radical (unpaired) electrons. The molecule has 0 aliphatic rings. The number of hydrogen-bond acceptors (Lipinski definition) is 2. The maximum absolute atomic E-state index is 13.8. The highest BCUT2D eigenvalue weighted by atomic mass is 35.5. The van der Waals surface area contributed by atoms with Crippen LogP contribution in [0.5, 0.6) is 5.75 Å². The third kappa shape index (κ3) is 3.86. The molecular weight excluding hydrogens is 310 g/mol. The van der Waals surface area contributed by atoms with E-state index in [4.69, 9.17) is 17.3 Å². The molecule has 0 atom stereocenters. The number of rotatable bonds is 3. The van der Waals surface area contributed by atoms with Gasteiger partial charge in [-0.2, -0.15) is 0 Å². The first-order valence-corrected chi connectivity index (χ1v) is 6.22. The van der Waals surface area contributed by atoms with E-state index in [-0.39, 0.29) is 22.7 Å². The molecule has 0 spiro atoms. The third-order valence-corrected chi connectivity index (χ3v) is 2.98. The van der Waals surface area contributed by atoms with Gasteiger partial charge in [0, 0.05) is 22.7 Å². The summed E-state index contributed by atoms with van der Waals surface area (Å²) in [5.74, 6) is -0.974. The van der Waals surface area contributed by atoms with Crippen LogP contribution in [-0.4, -0.2) is 6.36 Å². The van der Waals surface area contributed by atoms with Gasteiger partial charge in [-0.05, 0) is 35.9 Å². The van der Waals surface area contributed by atoms with Crippen molar-refractivity contribution >= 4 is 11.6 Å². The molecule has 0 aliphatic heterocycles. The van der Waals surface area contributed by atoms with Crippen LogP contribution in [0.3, 0.4) is 0 Å². The molecule has 21 heavy (non-hydrogen) atoms. The van der Waals surface area contributed by atoms with Crippen LogP contribution in [0, 0.1) is 5.82 Å². The number of benzene rings is 2. The van der Waals surface area contributed by atoms with E-state index < -0.39 is 17.9 Å². The van der Waals surface area contributed by atoms with E-state index in [2.05, 4.69) is 4.74 Å². The quantitative estimate of drug-likeness (QED) is 0.845. The Morgan fingerprint density at radius 3 is 2.38 bits per heavy atom. The second kappa shape index (κ2) is 5.91. The average molecular weight is 320 g/mol. The summed E-state index contributed by atoms with van der Waals surface area (Å²) in [6.45, 7) is -0.172. The Morgan fingerprint density at radius 2 is 1.81 bits per heavy atom. The molecule has 2 rings (SSSR count). The Bertz CT molecular complexity index is 658. The molecular formula is C14H10ClF4NO. The van der Waals surface area contributed by atoms with Crippen molar-refractivity contribution in [3.63, 3.8) is 0 Å². The zero-order chi connectivity index (χ0) is 15.6. The summed E-state index contributed by atoms with van der Waals surface area (Å²) in [5.41, 5.74) is 6.14. The van der Waals surface area contributed by atoms with Gasteiger partial charge in [0.25, 0.3) is 0 Å². The van der Waals surface area contributed by atoms with E-state index >= 15 is 0 Å². The Kier molecular flexibility index (Phi) is 4.39. The third-order valence-electron chi connectivity index (χ3n) is 2.75. The van der Waals surface area contributed by atoms with Crippen LogP contribution < -0.4 is 10.5 Å². The minimum atomic E-state index is -4.81. The van der Waals surface area contributed by atoms with Gasteiger partial charge in [0.15, 0.2) is 0 Å². The van der Waals surface area contributed by atoms with Crippen molar-refractivity contribution in [2.45, 2.75) is 12.9 Å². The Hall–Kier alpha value is -1.79. The van der Waals surface area contributed by atoms with Crippen molar-refractivity contribution < 1.29 is 22.3 Å². The summed E-state index contributed by atoms with van der Waals surface area (Å²) < 4.78 is 54.4. The summed E-state index contributed by atoms with van der Waals surface area (Å²) in [6, 6.07) is 7.85. The lowest BCUT2D eigenvalue weighted by Crippen LogP contribution is -2.18. The topological polar surface area (TPSA) is 35.2 Å². The second-order valence-corrected chi connectivity index (χ2v) is 4.64. The monoisotopic (exact) mass is 319 g/mol. The van der Waals surface area contributed by atoms with E-state index in [1.165, 1.54) is 24.3 Å². The fraction of sp³-hybridized carbons (Fsp3) is 0.143. The molecule has 2 nitrogen and oxygen atoms in total. The zero-order valence-electron chi connectivity index (χ0n) is 10.5. The minimum Gasteiger partial charge on any atom is -0.405 e. The lowest BCUT2D eigenvalue weighted by atomic mass is 10.0. The fourth-order valence-electron chi connectivity index (χ4n) is 1.85. The molecule has 0 aliphatic carbocycles. The van der Waals surface area contributed by atoms with Crippen molar-refractivity contribution in [3.05, 3.63) is 52.8 Å². The van der Waals surface area contributed by atoms with Crippen LogP contribution in [0.25, 0.3) is 11.1 Å². The SMILES string of the molecule is NCc1cc(-c2ccc(Cl)cc2F)ccc1OC(F)(F)F. The summed E-state index contributed by atoms with van der Waals surface area (Å²) in [7, 11) is 0. The van der Waals surface area contributed by atoms with Gasteiger partial charge in [0.2, 0.25) is 0 Å². The smallest absolute Gasteiger partial charge is 0.405 e. The van der Waals surface area contributed by atoms with Crippen molar-refractivity contribution in [2.75, 3.05) is 0 Å². The molecule has 112 valence electrons. The molecule has 2 N–H and O–H groups in total. The molecule has 0 fully saturated rings. The summed E-state index contributed by atoms with van der Waals surface area (Å²) in [5, 5.41) is 0.229. The van der Waals surface area contributed by atoms with Gasteiger partial charge in [0.05, 0.1) is 0 Å². The predicted octanol–water partition coefficient (Wildman–Crippen LogP) is 4.50. The first-order chi connectivity index (χ1) is 9.80. The van der Waals surface area contributed by atoms with Crippen molar-refractivity contribution in [1.29, 1.82) is 0 Å². The number of halogens is 5. The first-order valence-electron chi connectivity index (χ1n) is 5.84. The van der Waals surface area contributed by atoms with Gasteiger partial charge in [-0.3, -0.25) is 0 Å². The summed E-state index contributed by atoms with van der Waals surface area (Å²) in [6.07, 6.45) is -4.81. The zero-order valence-corrected chi connectivity index (χ0v) is 11.3. The van der Waals surface area contributed by atoms with Gasteiger partial charge >= 0.3 is 6.36 Å². The van der Waals surface area contributed by atoms with Crippen LogP contribution in [-0.2, 0) is 6.54 Å². The van der Waals surface area contributed by atoms with E-state index in [0.717, 1.165) is 12.1 Å². The summed E-state index contributed by atoms with van der Waals surface area (Å²) >= 11 is 5.66. The number of nitrogens with two attached hydrogens (primary N) is 1. The summed E-state index contributed by atoms with van der Waals surface area (Å²) in [4.78, 5) is 0. The van der Waals surface area contributed by atoms with Crippen molar-refractivity contribution in [3.8, 4) is 16.9 Å². The van der Waals surface area contributed by atoms with Gasteiger partial charge in [0.1, 0.15) is 11.6 Å². The van der Waals surface area contributed by atoms with Crippen molar-refractivity contribution in [1.82, 2.24) is 0 Å². The Balaban J connectivity index is 2.43. The molecule has 2 aromatic carbocycles. The number of ether oxygens (including phenoxy) is 1. The molecule has 0 unspecified atom stereocenters. The van der Waals surface area contributed by atoms with Gasteiger partial charge < -0.3 is 10.5 Å². The Labute approximate surface area is 123 Å². The number of alkyl halides is 3. The second-order valence-electron chi connectivity index (χ2n) is 4.20. The fourth-order valence-corrected chi connectivity index (χ4v) is 2.01. The van der Waals surface area contributed by atoms with Crippen LogP contribution in [0.2, 0.25) is 5.02 Å². The van der Waals surface area contributed by atoms with Crippen LogP contribution in [0.1, 0.15) is 5.56 Å². The Morgan fingerprint density at radius 1 is 1.10 bits per heavy atom. The average Bonchev–Trinajstić information content (AvgIpc) is 2.38. The van der Waals surface area contributed by atoms with E-state index in [1.807, 2.05) is 0 Å². The molecule has 2 aromatic rings. The lowest BCUT2D eigenvalue weighted by molar-refractivity contribution is -0.274. The van der Waals surface area contributed by atoms with Crippen LogP contribution in [0.4, 0.5) is 17.6 Å². The maximum atomic E-state index is 13.8. The lowest BCUT2D eigenvalue weighted by Gasteiger charge is -2.14. The largest absolute Gasteiger partial charge is 0.573 e. The highest BCUT2D eigenvalue weighted by Crippen LogP contribution is 2.32. The first kappa shape index (κ1) is 15.6. The highest BCUT2D eigenvalue weighted by molar-refractivity contribution is 6.30.